The first-order chi connectivity index (χ1) is 17.3. The minimum atomic E-state index is -4.70. The average Bonchev–Trinajstić information content (AvgIpc) is 3.20. The van der Waals surface area contributed by atoms with Crippen LogP contribution in [0.5, 0.6) is 17.2 Å². The minimum Gasteiger partial charge on any atom is -0.486 e. The summed E-state index contributed by atoms with van der Waals surface area (Å²) in [6.07, 6.45) is -2.18. The molecule has 2 aromatic heterocycles. The molecule has 36 heavy (non-hydrogen) atoms. The van der Waals surface area contributed by atoms with Gasteiger partial charge in [0.05, 0.1) is 5.52 Å². The molecule has 3 heterocycles. The molecular formula is C27H26F3N3O3. The maximum Gasteiger partial charge on any atom is 0.573 e. The van der Waals surface area contributed by atoms with Crippen molar-refractivity contribution >= 4 is 21.8 Å². The molecule has 0 amide bonds. The number of alkyl halides is 3. The smallest absolute Gasteiger partial charge is 0.486 e. The Bertz CT molecular complexity index is 1430. The summed E-state index contributed by atoms with van der Waals surface area (Å²) < 4.78 is 54.4. The van der Waals surface area contributed by atoms with Gasteiger partial charge in [0.15, 0.2) is 11.5 Å². The van der Waals surface area contributed by atoms with E-state index in [0.29, 0.717) is 19.1 Å². The van der Waals surface area contributed by atoms with Gasteiger partial charge in [-0.2, -0.15) is 0 Å². The number of hydrogen-bond donors (Lipinski definition) is 2. The lowest BCUT2D eigenvalue weighted by atomic mass is 9.86. The van der Waals surface area contributed by atoms with Gasteiger partial charge >= 0.3 is 6.36 Å². The van der Waals surface area contributed by atoms with Gasteiger partial charge in [-0.05, 0) is 86.7 Å². The second-order valence-electron chi connectivity index (χ2n) is 9.57. The van der Waals surface area contributed by atoms with E-state index in [2.05, 4.69) is 20.0 Å². The Morgan fingerprint density at radius 3 is 2.86 bits per heavy atom. The molecule has 1 aliphatic carbocycles. The van der Waals surface area contributed by atoms with Gasteiger partial charge in [0.2, 0.25) is 0 Å². The van der Waals surface area contributed by atoms with Crippen LogP contribution in [-0.4, -0.2) is 42.1 Å². The van der Waals surface area contributed by atoms with E-state index >= 15 is 0 Å². The number of pyridine rings is 1. The largest absolute Gasteiger partial charge is 0.573 e. The van der Waals surface area contributed by atoms with Crippen molar-refractivity contribution < 1.29 is 27.4 Å². The molecule has 2 atom stereocenters. The minimum absolute atomic E-state index is 0.126. The van der Waals surface area contributed by atoms with Crippen LogP contribution in [0.15, 0.2) is 42.5 Å². The second kappa shape index (κ2) is 8.89. The maximum absolute atomic E-state index is 12.7. The third-order valence-corrected chi connectivity index (χ3v) is 6.93. The number of ether oxygens (including phenoxy) is 3. The van der Waals surface area contributed by atoms with Crippen LogP contribution in [0.3, 0.4) is 0 Å². The van der Waals surface area contributed by atoms with Crippen LogP contribution >= 0.6 is 0 Å². The lowest BCUT2D eigenvalue weighted by Crippen LogP contribution is -2.40. The zero-order valence-corrected chi connectivity index (χ0v) is 19.7. The molecule has 0 saturated carbocycles. The van der Waals surface area contributed by atoms with Crippen molar-refractivity contribution in [3.05, 3.63) is 59.4 Å². The fraction of sp³-hybridized carbons (Fsp3) is 0.370. The summed E-state index contributed by atoms with van der Waals surface area (Å²) in [6.45, 7) is 3.84. The number of benzene rings is 2. The number of nitrogens with one attached hydrogen (secondary N) is 2. The van der Waals surface area contributed by atoms with Crippen molar-refractivity contribution in [3.8, 4) is 17.2 Å². The van der Waals surface area contributed by atoms with Gasteiger partial charge in [0, 0.05) is 34.2 Å². The lowest BCUT2D eigenvalue weighted by Gasteiger charge is -2.29. The number of halogens is 3. The Hall–Kier alpha value is -3.46. The molecular weight excluding hydrogens is 471 g/mol. The number of aryl methyl sites for hydroxylation is 2. The summed E-state index contributed by atoms with van der Waals surface area (Å²) in [5.41, 5.74) is 4.85. The van der Waals surface area contributed by atoms with Crippen molar-refractivity contribution in [2.75, 3.05) is 19.7 Å². The molecule has 188 valence electrons. The Morgan fingerprint density at radius 2 is 2.00 bits per heavy atom. The van der Waals surface area contributed by atoms with E-state index in [-0.39, 0.29) is 11.9 Å². The highest BCUT2D eigenvalue weighted by atomic mass is 19.4. The van der Waals surface area contributed by atoms with Crippen LogP contribution in [-0.2, 0) is 12.8 Å². The molecule has 2 N–H and O–H groups in total. The predicted molar refractivity (Wildman–Crippen MR) is 130 cm³/mol. The maximum atomic E-state index is 12.7. The third kappa shape index (κ3) is 4.55. The molecule has 6 nitrogen and oxygen atoms in total. The summed E-state index contributed by atoms with van der Waals surface area (Å²) in [5, 5.41) is 5.26. The molecule has 0 fully saturated rings. The highest BCUT2D eigenvalue weighted by Crippen LogP contribution is 2.38. The first-order valence-electron chi connectivity index (χ1n) is 12.1. The fourth-order valence-corrected chi connectivity index (χ4v) is 5.27. The van der Waals surface area contributed by atoms with E-state index in [1.807, 2.05) is 31.2 Å². The zero-order chi connectivity index (χ0) is 24.9. The average molecular weight is 498 g/mol. The topological polar surface area (TPSA) is 68.4 Å². The van der Waals surface area contributed by atoms with E-state index in [4.69, 9.17) is 9.47 Å². The number of H-pyrrole nitrogens is 1. The quantitative estimate of drug-likeness (QED) is 0.383. The number of rotatable bonds is 5. The summed E-state index contributed by atoms with van der Waals surface area (Å²) in [4.78, 5) is 7.94. The van der Waals surface area contributed by atoms with Crippen molar-refractivity contribution in [1.82, 2.24) is 15.3 Å². The summed E-state index contributed by atoms with van der Waals surface area (Å²) >= 11 is 0. The molecule has 4 aromatic rings. The Labute approximate surface area is 205 Å². The van der Waals surface area contributed by atoms with E-state index in [9.17, 15) is 13.2 Å². The van der Waals surface area contributed by atoms with E-state index in [1.54, 1.807) is 6.07 Å². The van der Waals surface area contributed by atoms with Gasteiger partial charge in [-0.15, -0.1) is 13.2 Å². The van der Waals surface area contributed by atoms with Gasteiger partial charge in [-0.1, -0.05) is 0 Å². The molecule has 0 unspecified atom stereocenters. The zero-order valence-electron chi connectivity index (χ0n) is 19.7. The highest BCUT2D eigenvalue weighted by molar-refractivity contribution is 5.88. The van der Waals surface area contributed by atoms with Crippen LogP contribution in [0.1, 0.15) is 23.4 Å². The molecule has 0 spiro atoms. The Morgan fingerprint density at radius 1 is 1.11 bits per heavy atom. The van der Waals surface area contributed by atoms with Crippen LogP contribution in [0.4, 0.5) is 13.2 Å². The number of hydrogen-bond acceptors (Lipinski definition) is 5. The lowest BCUT2D eigenvalue weighted by molar-refractivity contribution is -0.274. The molecule has 0 saturated heterocycles. The van der Waals surface area contributed by atoms with Gasteiger partial charge in [0.25, 0.3) is 0 Å². The first-order valence-corrected chi connectivity index (χ1v) is 12.1. The van der Waals surface area contributed by atoms with Gasteiger partial charge in [-0.3, -0.25) is 4.98 Å². The van der Waals surface area contributed by atoms with E-state index in [1.165, 1.54) is 12.1 Å². The fourth-order valence-electron chi connectivity index (χ4n) is 5.27. The molecule has 9 heteroatoms. The molecule has 1 aliphatic heterocycles. The predicted octanol–water partition coefficient (Wildman–Crippen LogP) is 5.46. The number of aromatic nitrogens is 2. The van der Waals surface area contributed by atoms with Crippen molar-refractivity contribution in [2.24, 2.45) is 5.92 Å². The summed E-state index contributed by atoms with van der Waals surface area (Å²) in [6, 6.07) is 12.3. The second-order valence-corrected chi connectivity index (χ2v) is 9.57. The van der Waals surface area contributed by atoms with Crippen LogP contribution in [0.25, 0.3) is 21.8 Å². The standard InChI is InChI=1S/C27H26F3N3O3/c1-15-2-5-19-22(32-15)8-9-25-26(19)35-18(14-34-25)13-31-12-16-3-6-23-20(10-16)21-11-17(36-27(28,29)30)4-7-24(21)33-23/h2,4-5,7-9,11,16,18,31,33H,3,6,10,12-14H2,1H3/t16-,18-/m1/s1. The molecule has 0 bridgehead atoms. The monoisotopic (exact) mass is 497 g/mol. The Balaban J connectivity index is 1.10. The number of fused-ring (bicyclic) bond motifs is 6. The third-order valence-electron chi connectivity index (χ3n) is 6.93. The van der Waals surface area contributed by atoms with Crippen LogP contribution < -0.4 is 19.5 Å². The number of aromatic amines is 1. The normalized spacial score (nSPS) is 19.4. The summed E-state index contributed by atoms with van der Waals surface area (Å²) in [7, 11) is 0. The van der Waals surface area contributed by atoms with E-state index in [0.717, 1.165) is 76.1 Å². The van der Waals surface area contributed by atoms with Crippen molar-refractivity contribution in [3.63, 3.8) is 0 Å². The Kier molecular flexibility index (Phi) is 5.67. The van der Waals surface area contributed by atoms with Crippen molar-refractivity contribution in [2.45, 2.75) is 38.7 Å². The van der Waals surface area contributed by atoms with Gasteiger partial charge in [-0.25, -0.2) is 0 Å². The molecule has 2 aliphatic rings. The molecule has 0 radical (unpaired) electrons. The van der Waals surface area contributed by atoms with Crippen LogP contribution in [0.2, 0.25) is 0 Å². The van der Waals surface area contributed by atoms with Gasteiger partial charge < -0.3 is 24.5 Å². The van der Waals surface area contributed by atoms with Crippen molar-refractivity contribution in [1.29, 1.82) is 0 Å². The molecule has 2 aromatic carbocycles. The highest BCUT2D eigenvalue weighted by Gasteiger charge is 2.32. The van der Waals surface area contributed by atoms with Crippen LogP contribution in [0, 0.1) is 12.8 Å². The van der Waals surface area contributed by atoms with Gasteiger partial charge in [0.1, 0.15) is 18.5 Å². The number of nitrogens with zero attached hydrogens (tertiary/aromatic N) is 1. The summed E-state index contributed by atoms with van der Waals surface area (Å²) in [5.74, 6) is 1.65. The molecule has 6 rings (SSSR count). The SMILES string of the molecule is Cc1ccc2c3c(ccc2n1)OC[C@@H](CNC[C@@H]1CCc2[nH]c4ccc(OC(F)(F)F)cc4c2C1)O3. The van der Waals surface area contributed by atoms with E-state index < -0.39 is 6.36 Å². The first kappa shape index (κ1) is 23.0.